The smallest absolute Gasteiger partial charge is 0.326 e. The third-order valence-corrected chi connectivity index (χ3v) is 22.4. The molecule has 10 rings (SSSR count). The fourth-order valence-electron chi connectivity index (χ4n) is 15.7. The Kier molecular flexibility index (Phi) is 33.2. The van der Waals surface area contributed by atoms with E-state index < -0.39 is 254 Å². The van der Waals surface area contributed by atoms with Crippen molar-refractivity contribution in [2.75, 3.05) is 26.2 Å². The number of cyclic esters (lactones) is 1. The van der Waals surface area contributed by atoms with E-state index in [1.807, 2.05) is 0 Å². The number of carbonyl (C=O) groups is 18. The molecule has 41 nitrogen and oxygen atoms in total. The third-order valence-electron chi connectivity index (χ3n) is 22.4. The molecule has 1 aromatic heterocycles. The van der Waals surface area contributed by atoms with Crippen LogP contribution in [0.25, 0.3) is 10.9 Å². The minimum Gasteiger partial charge on any atom is -0.508 e. The Hall–Kier alpha value is -13.8. The van der Waals surface area contributed by atoms with E-state index in [1.165, 1.54) is 90.8 Å². The van der Waals surface area contributed by atoms with E-state index in [1.54, 1.807) is 38.1 Å². The number of phenolic OH excluding ortho intramolecular Hbond substituents is 3. The molecular formula is C86H108N16O25. The lowest BCUT2D eigenvalue weighted by atomic mass is 10.00. The molecule has 0 saturated carbocycles. The Morgan fingerprint density at radius 3 is 1.76 bits per heavy atom. The summed E-state index contributed by atoms with van der Waals surface area (Å²) in [6.07, 6.45) is -8.15. The Morgan fingerprint density at radius 2 is 1.12 bits per heavy atom. The summed E-state index contributed by atoms with van der Waals surface area (Å²) in [5, 5.41) is 85.5. The van der Waals surface area contributed by atoms with E-state index in [2.05, 4.69) is 74.1 Å². The number of amides is 15. The standard InChI is InChI=1S/C86H108N16O25/c1-43(2)34-58-75(113)90-56-14-8-9-31-87-68(108)39-60(77(115)97-64(86(124)125)37-49-21-27-53(107)28-22-49)93-74(112)57-29-30-69(109)126-42-65(98-80(118)66-15-10-32-101(66)85(123)63(96-73(56)111)36-48-19-25-52(106)26-20-48)79(117)94-61(78(116)92-59(76(114)91-57)38-50-41-88-55-13-7-6-12-54(50)55)40-70(110)127-45(4)72(83(121)95-58)100-82(120)71(44(3)103)99-81(119)67-16-11-33-102(67)84(122)62(89-46(5)104)35-47-17-23-51(105)24-18-47/h6-7,12-13,17-28,41,43-45,56-67,71-72,88,103,105-107H,8-11,14-16,29-40,42H2,1-5H3,(H,87,108)(H,89,104)(H,90,113)(H,91,114)(H,92,116)(H,93,112)(H,94,117)(H,95,121)(H,96,111)(H,97,115)(H,98,118)(H,99,119)(H,100,120)(H,124,125). The number of rotatable bonds is 20. The summed E-state index contributed by atoms with van der Waals surface area (Å²) in [4.78, 5) is 272. The number of likely N-dealkylation sites (tertiary alicyclic amines) is 1. The molecule has 5 aromatic rings. The van der Waals surface area contributed by atoms with Gasteiger partial charge in [0.15, 0.2) is 0 Å². The lowest BCUT2D eigenvalue weighted by Gasteiger charge is -2.32. The summed E-state index contributed by atoms with van der Waals surface area (Å²) in [6.45, 7) is 5.02. The number of aromatic hydroxyl groups is 3. The largest absolute Gasteiger partial charge is 0.508 e. The molecule has 15 amide bonds. The van der Waals surface area contributed by atoms with Crippen molar-refractivity contribution in [1.29, 1.82) is 0 Å². The monoisotopic (exact) mass is 1760 g/mol. The first kappa shape index (κ1) is 95.5. The maximum absolute atomic E-state index is 15.6. The number of para-hydroxylation sites is 1. The van der Waals surface area contributed by atoms with Gasteiger partial charge in [-0.3, -0.25) is 81.5 Å². The van der Waals surface area contributed by atoms with Gasteiger partial charge >= 0.3 is 17.9 Å². The number of ether oxygens (including phenoxy) is 2. The SMILES string of the molecule is CC(=O)NC(Cc1ccc(O)cc1)C(=O)N1CCCC1C(=O)NC(C(=O)NC1C(=O)NC(CC(C)C)C(=O)NC2CCCCNC(=O)CC(C(=O)NC(Cc3ccc(O)cc3)C(=O)O)NC(=O)C3CCC(=O)OCC(NC(=O)C4CCCN4C(=O)C(Cc4ccc(O)cc4)NC2=O)C(=O)NC(CC(=O)OC1C)C(=O)NC(Cc1c[nH]c2ccccc12)C(=O)N3)C(C)O. The molecule has 6 heterocycles. The van der Waals surface area contributed by atoms with Gasteiger partial charge in [0.2, 0.25) is 88.6 Å². The van der Waals surface area contributed by atoms with Gasteiger partial charge in [-0.05, 0) is 142 Å². The zero-order valence-corrected chi connectivity index (χ0v) is 70.6. The average Bonchev–Trinajstić information content (AvgIpc) is 1.76. The molecule has 4 bridgehead atoms. The van der Waals surface area contributed by atoms with Crippen molar-refractivity contribution in [1.82, 2.24) is 83.9 Å². The highest BCUT2D eigenvalue weighted by Crippen LogP contribution is 2.26. The Balaban J connectivity index is 1.08. The molecule has 4 aromatic carbocycles. The van der Waals surface area contributed by atoms with Gasteiger partial charge in [-0.25, -0.2) is 4.79 Å². The number of aliphatic carboxylic acids is 1. The van der Waals surface area contributed by atoms with Gasteiger partial charge in [0.05, 0.1) is 18.9 Å². The zero-order chi connectivity index (χ0) is 92.0. The van der Waals surface area contributed by atoms with E-state index in [9.17, 15) is 59.1 Å². The van der Waals surface area contributed by atoms with E-state index in [0.29, 0.717) is 33.2 Å². The van der Waals surface area contributed by atoms with Crippen LogP contribution in [0.4, 0.5) is 0 Å². The highest BCUT2D eigenvalue weighted by Gasteiger charge is 2.46. The third kappa shape index (κ3) is 26.6. The van der Waals surface area contributed by atoms with Gasteiger partial charge in [-0.15, -0.1) is 0 Å². The molecule has 5 fully saturated rings. The second-order valence-electron chi connectivity index (χ2n) is 32.7. The molecule has 16 atom stereocenters. The summed E-state index contributed by atoms with van der Waals surface area (Å²) in [5.41, 5.74) is 2.00. The molecule has 0 spiro atoms. The van der Waals surface area contributed by atoms with Crippen molar-refractivity contribution >= 4 is 117 Å². The number of aliphatic hydroxyl groups is 1. The Morgan fingerprint density at radius 1 is 0.543 bits per heavy atom. The highest BCUT2D eigenvalue weighted by molar-refractivity contribution is 6.03. The lowest BCUT2D eigenvalue weighted by Crippen LogP contribution is -2.63. The number of H-pyrrole nitrogens is 1. The number of aliphatic hydroxyl groups excluding tert-OH is 1. The van der Waals surface area contributed by atoms with Crippen LogP contribution in [0.5, 0.6) is 17.2 Å². The van der Waals surface area contributed by atoms with Crippen LogP contribution >= 0.6 is 0 Å². The van der Waals surface area contributed by atoms with Crippen molar-refractivity contribution < 1.29 is 121 Å². The Labute approximate surface area is 728 Å². The van der Waals surface area contributed by atoms with Crippen LogP contribution in [0.2, 0.25) is 0 Å². The molecule has 682 valence electrons. The number of nitrogens with one attached hydrogen (secondary N) is 14. The normalized spacial score (nSPS) is 24.8. The topological polar surface area (TPSA) is 606 Å². The minimum atomic E-state index is -2.30. The first-order valence-electron chi connectivity index (χ1n) is 42.1. The number of carboxylic acid groups (broad SMARTS) is 1. The summed E-state index contributed by atoms with van der Waals surface area (Å²) in [7, 11) is 0. The Bertz CT molecular complexity index is 4910. The predicted octanol–water partition coefficient (Wildman–Crippen LogP) is -2.75. The van der Waals surface area contributed by atoms with Gasteiger partial charge in [0.1, 0.15) is 115 Å². The number of benzene rings is 4. The molecule has 16 unspecified atom stereocenters. The first-order valence-corrected chi connectivity index (χ1v) is 42.1. The number of hydrogen-bond acceptors (Lipinski definition) is 24. The number of fused-ring (bicyclic) bond motifs is 13. The first-order chi connectivity index (χ1) is 60.4. The molecule has 0 radical (unpaired) electrons. The van der Waals surface area contributed by atoms with Crippen molar-refractivity contribution in [3.05, 3.63) is 126 Å². The predicted molar refractivity (Wildman–Crippen MR) is 446 cm³/mol. The van der Waals surface area contributed by atoms with Crippen LogP contribution in [-0.2, 0) is 121 Å². The number of aromatic amines is 1. The van der Waals surface area contributed by atoms with Crippen LogP contribution in [0.1, 0.15) is 134 Å². The lowest BCUT2D eigenvalue weighted by molar-refractivity contribution is -0.155. The number of aromatic nitrogens is 1. The number of carboxylic acids is 1. The van der Waals surface area contributed by atoms with E-state index >= 15 is 52.7 Å². The van der Waals surface area contributed by atoms with Crippen LogP contribution < -0.4 is 69.1 Å². The van der Waals surface area contributed by atoms with Gasteiger partial charge in [-0.2, -0.15) is 0 Å². The number of carbonyl (C=O) groups excluding carboxylic acids is 17. The summed E-state index contributed by atoms with van der Waals surface area (Å²) in [5.74, 6) is -22.0. The fraction of sp³-hybridized carbons (Fsp3) is 0.488. The van der Waals surface area contributed by atoms with Crippen molar-refractivity contribution in [3.63, 3.8) is 0 Å². The van der Waals surface area contributed by atoms with Crippen LogP contribution in [0.3, 0.4) is 0 Å². The molecule has 5 aliphatic heterocycles. The second kappa shape index (κ2) is 44.2. The number of nitrogens with zero attached hydrogens (tertiary/aromatic N) is 2. The zero-order valence-electron chi connectivity index (χ0n) is 70.6. The molecule has 41 heteroatoms. The van der Waals surface area contributed by atoms with Crippen molar-refractivity contribution in [3.8, 4) is 17.2 Å². The van der Waals surface area contributed by atoms with Crippen molar-refractivity contribution in [2.45, 2.75) is 234 Å². The van der Waals surface area contributed by atoms with Crippen LogP contribution in [0.15, 0.2) is 103 Å². The maximum Gasteiger partial charge on any atom is 0.326 e. The number of hydrogen-bond donors (Lipinski definition) is 19. The van der Waals surface area contributed by atoms with E-state index in [0.717, 1.165) is 18.7 Å². The molecule has 127 heavy (non-hydrogen) atoms. The summed E-state index contributed by atoms with van der Waals surface area (Å²) in [6, 6.07) is -2.32. The van der Waals surface area contributed by atoms with Crippen LogP contribution in [0, 0.1) is 5.92 Å². The second-order valence-corrected chi connectivity index (χ2v) is 32.7. The molecular weight excluding hydrogens is 1660 g/mol. The number of phenols is 3. The average molecular weight is 1770 g/mol. The summed E-state index contributed by atoms with van der Waals surface area (Å²) >= 11 is 0. The molecule has 0 aliphatic carbocycles. The number of esters is 2. The highest BCUT2D eigenvalue weighted by atomic mass is 16.5. The van der Waals surface area contributed by atoms with E-state index in [4.69, 9.17) is 9.47 Å². The summed E-state index contributed by atoms with van der Waals surface area (Å²) < 4.78 is 11.6. The van der Waals surface area contributed by atoms with Crippen molar-refractivity contribution in [2.24, 2.45) is 5.92 Å². The van der Waals surface area contributed by atoms with Gasteiger partial charge in [0.25, 0.3) is 0 Å². The maximum atomic E-state index is 15.6. The van der Waals surface area contributed by atoms with Gasteiger partial charge in [-0.1, -0.05) is 68.4 Å². The van der Waals surface area contributed by atoms with Crippen LogP contribution in [-0.4, -0.2) is 270 Å². The quantitative estimate of drug-likeness (QED) is 0.0351. The molecule has 19 N–H and O–H groups in total. The minimum absolute atomic E-state index is 0.00192. The van der Waals surface area contributed by atoms with E-state index in [-0.39, 0.29) is 101 Å². The molecule has 5 aliphatic rings. The molecule has 5 saturated heterocycles. The van der Waals surface area contributed by atoms with Gasteiger partial charge < -0.3 is 119 Å². The fourth-order valence-corrected chi connectivity index (χ4v) is 15.7. The van der Waals surface area contributed by atoms with Gasteiger partial charge in [0, 0.05) is 75.8 Å².